The summed E-state index contributed by atoms with van der Waals surface area (Å²) >= 11 is 0. The van der Waals surface area contributed by atoms with E-state index < -0.39 is 43.0 Å². The van der Waals surface area contributed by atoms with Gasteiger partial charge in [-0.25, -0.2) is 8.78 Å². The van der Waals surface area contributed by atoms with E-state index in [0.717, 1.165) is 6.92 Å². The molecule has 1 aromatic rings. The SMILES string of the molecule is CC(=O)O[C@@H]1[C@@H](CN=[N+]=[N-])OC(OCc2ccccc2)[C@H](N=[N+]=[N-])C1(F)F. The molecule has 1 fully saturated rings. The third kappa shape index (κ3) is 5.05. The van der Waals surface area contributed by atoms with Crippen molar-refractivity contribution in [3.63, 3.8) is 0 Å². The average Bonchev–Trinajstić information content (AvgIpc) is 2.64. The second-order valence-corrected chi connectivity index (χ2v) is 5.61. The first-order valence-corrected chi connectivity index (χ1v) is 7.81. The Labute approximate surface area is 152 Å². The van der Waals surface area contributed by atoms with Crippen molar-refractivity contribution >= 4 is 5.97 Å². The fraction of sp³-hybridized carbons (Fsp3) is 0.533. The monoisotopic (exact) mass is 382 g/mol. The summed E-state index contributed by atoms with van der Waals surface area (Å²) in [5.74, 6) is -4.80. The molecule has 0 spiro atoms. The van der Waals surface area contributed by atoms with Gasteiger partial charge in [-0.3, -0.25) is 4.79 Å². The highest BCUT2D eigenvalue weighted by Crippen LogP contribution is 2.39. The molecule has 0 bridgehead atoms. The van der Waals surface area contributed by atoms with Crippen molar-refractivity contribution in [3.8, 4) is 0 Å². The molecule has 0 radical (unpaired) electrons. The van der Waals surface area contributed by atoms with Crippen LogP contribution in [0.15, 0.2) is 40.6 Å². The van der Waals surface area contributed by atoms with Crippen LogP contribution in [0.4, 0.5) is 8.78 Å². The number of hydrogen-bond donors (Lipinski definition) is 0. The summed E-state index contributed by atoms with van der Waals surface area (Å²) in [7, 11) is 0. The van der Waals surface area contributed by atoms with Gasteiger partial charge in [0.15, 0.2) is 18.4 Å². The van der Waals surface area contributed by atoms with E-state index in [9.17, 15) is 13.6 Å². The van der Waals surface area contributed by atoms with E-state index >= 15 is 0 Å². The van der Waals surface area contributed by atoms with Gasteiger partial charge in [-0.05, 0) is 16.6 Å². The highest BCUT2D eigenvalue weighted by molar-refractivity contribution is 5.66. The molecule has 0 saturated carbocycles. The Morgan fingerprint density at radius 2 is 2.00 bits per heavy atom. The van der Waals surface area contributed by atoms with Gasteiger partial charge in [-0.2, -0.15) is 0 Å². The topological polar surface area (TPSA) is 142 Å². The number of alkyl halides is 2. The van der Waals surface area contributed by atoms with Gasteiger partial charge in [0.25, 0.3) is 5.92 Å². The molecule has 1 aromatic carbocycles. The quantitative estimate of drug-likeness (QED) is 0.308. The molecule has 1 aliphatic heterocycles. The van der Waals surface area contributed by atoms with Gasteiger partial charge in [0.1, 0.15) is 6.10 Å². The fourth-order valence-electron chi connectivity index (χ4n) is 2.57. The number of benzene rings is 1. The molecule has 12 heteroatoms. The number of hydrogen-bond acceptors (Lipinski definition) is 6. The predicted octanol–water partition coefficient (Wildman–Crippen LogP) is 3.48. The Balaban J connectivity index is 2.29. The molecule has 1 aliphatic rings. The lowest BCUT2D eigenvalue weighted by Crippen LogP contribution is -2.63. The van der Waals surface area contributed by atoms with Gasteiger partial charge in [-0.15, -0.1) is 0 Å². The number of carbonyl (C=O) groups is 1. The summed E-state index contributed by atoms with van der Waals surface area (Å²) in [6.45, 7) is 0.324. The Morgan fingerprint density at radius 3 is 2.59 bits per heavy atom. The molecule has 0 N–H and O–H groups in total. The Bertz CT molecular complexity index is 752. The van der Waals surface area contributed by atoms with Crippen molar-refractivity contribution in [3.05, 3.63) is 56.8 Å². The van der Waals surface area contributed by atoms with E-state index in [1.807, 2.05) is 0 Å². The summed E-state index contributed by atoms with van der Waals surface area (Å²) in [4.78, 5) is 16.2. The van der Waals surface area contributed by atoms with Crippen LogP contribution in [0.5, 0.6) is 0 Å². The first-order chi connectivity index (χ1) is 12.9. The Hall–Kier alpha value is -2.91. The van der Waals surface area contributed by atoms with Crippen molar-refractivity contribution in [2.75, 3.05) is 6.54 Å². The smallest absolute Gasteiger partial charge is 0.303 e. The van der Waals surface area contributed by atoms with Gasteiger partial charge < -0.3 is 14.2 Å². The van der Waals surface area contributed by atoms with Crippen molar-refractivity contribution < 1.29 is 27.8 Å². The van der Waals surface area contributed by atoms with Crippen LogP contribution in [0.1, 0.15) is 12.5 Å². The standard InChI is InChI=1S/C15H16F2N6O4/c1-9(24)26-13-11(7-20-22-18)27-14(12(21-23-19)15(13,16)17)25-8-10-5-3-2-4-6-10/h2-6,11-14H,7-8H2,1H3/t11-,12+,13-,14?/m1/s1. The molecular formula is C15H16F2N6O4. The molecule has 1 saturated heterocycles. The lowest BCUT2D eigenvalue weighted by atomic mass is 9.95. The van der Waals surface area contributed by atoms with Gasteiger partial charge in [0.05, 0.1) is 13.2 Å². The van der Waals surface area contributed by atoms with E-state index in [0.29, 0.717) is 5.56 Å². The molecule has 0 amide bonds. The van der Waals surface area contributed by atoms with Crippen molar-refractivity contribution in [1.82, 2.24) is 0 Å². The normalized spacial score (nSPS) is 26.3. The fourth-order valence-corrected chi connectivity index (χ4v) is 2.57. The third-order valence-electron chi connectivity index (χ3n) is 3.73. The van der Waals surface area contributed by atoms with E-state index in [1.165, 1.54) is 0 Å². The Kier molecular flexibility index (Phi) is 6.91. The molecule has 0 aromatic heterocycles. The molecule has 27 heavy (non-hydrogen) atoms. The first-order valence-electron chi connectivity index (χ1n) is 7.81. The minimum Gasteiger partial charge on any atom is -0.453 e. The summed E-state index contributed by atoms with van der Waals surface area (Å²) < 4.78 is 45.3. The molecule has 4 atom stereocenters. The summed E-state index contributed by atoms with van der Waals surface area (Å²) in [5.41, 5.74) is 17.8. The number of azide groups is 2. The van der Waals surface area contributed by atoms with Gasteiger partial charge in [0, 0.05) is 16.7 Å². The molecular weight excluding hydrogens is 366 g/mol. The zero-order valence-electron chi connectivity index (χ0n) is 14.2. The lowest BCUT2D eigenvalue weighted by Gasteiger charge is -2.43. The van der Waals surface area contributed by atoms with Crippen LogP contribution in [0.2, 0.25) is 0 Å². The highest BCUT2D eigenvalue weighted by Gasteiger charge is 2.60. The second kappa shape index (κ2) is 9.15. The number of nitrogens with zero attached hydrogens (tertiary/aromatic N) is 6. The largest absolute Gasteiger partial charge is 0.453 e. The molecule has 1 heterocycles. The van der Waals surface area contributed by atoms with Gasteiger partial charge in [-0.1, -0.05) is 40.6 Å². The summed E-state index contributed by atoms with van der Waals surface area (Å²) in [5, 5.41) is 6.30. The third-order valence-corrected chi connectivity index (χ3v) is 3.73. The molecule has 144 valence electrons. The van der Waals surface area contributed by atoms with E-state index in [1.54, 1.807) is 30.3 Å². The maximum Gasteiger partial charge on any atom is 0.303 e. The van der Waals surface area contributed by atoms with Crippen LogP contribution in [-0.2, 0) is 25.6 Å². The minimum absolute atomic E-state index is 0.0918. The maximum atomic E-state index is 14.9. The Morgan fingerprint density at radius 1 is 1.30 bits per heavy atom. The zero-order chi connectivity index (χ0) is 19.9. The lowest BCUT2D eigenvalue weighted by molar-refractivity contribution is -0.306. The zero-order valence-corrected chi connectivity index (χ0v) is 14.2. The van der Waals surface area contributed by atoms with Gasteiger partial charge >= 0.3 is 5.97 Å². The second-order valence-electron chi connectivity index (χ2n) is 5.61. The van der Waals surface area contributed by atoms with E-state index in [4.69, 9.17) is 20.5 Å². The van der Waals surface area contributed by atoms with E-state index in [2.05, 4.69) is 24.8 Å². The maximum absolute atomic E-state index is 14.9. The number of rotatable bonds is 7. The van der Waals surface area contributed by atoms with E-state index in [-0.39, 0.29) is 6.61 Å². The van der Waals surface area contributed by atoms with Crippen LogP contribution < -0.4 is 0 Å². The molecule has 0 aliphatic carbocycles. The van der Waals surface area contributed by atoms with Crippen LogP contribution in [0.25, 0.3) is 20.9 Å². The number of carbonyl (C=O) groups excluding carboxylic acids is 1. The van der Waals surface area contributed by atoms with Crippen LogP contribution in [0, 0.1) is 0 Å². The minimum atomic E-state index is -3.81. The van der Waals surface area contributed by atoms with Crippen LogP contribution in [-0.4, -0.2) is 43.0 Å². The first kappa shape index (κ1) is 20.4. The highest BCUT2D eigenvalue weighted by atomic mass is 19.3. The average molecular weight is 382 g/mol. The predicted molar refractivity (Wildman–Crippen MR) is 87.3 cm³/mol. The van der Waals surface area contributed by atoms with Crippen molar-refractivity contribution in [2.24, 2.45) is 10.2 Å². The van der Waals surface area contributed by atoms with Crippen LogP contribution in [0.3, 0.4) is 0 Å². The molecule has 10 nitrogen and oxygen atoms in total. The number of esters is 1. The van der Waals surface area contributed by atoms with Crippen molar-refractivity contribution in [1.29, 1.82) is 0 Å². The number of ether oxygens (including phenoxy) is 3. The van der Waals surface area contributed by atoms with Gasteiger partial charge in [0.2, 0.25) is 0 Å². The van der Waals surface area contributed by atoms with Crippen molar-refractivity contribution in [2.45, 2.75) is 44.0 Å². The molecule has 2 rings (SSSR count). The van der Waals surface area contributed by atoms with Crippen LogP contribution >= 0.6 is 0 Å². The molecule has 1 unspecified atom stereocenters. The summed E-state index contributed by atoms with van der Waals surface area (Å²) in [6.07, 6.45) is -5.22. The summed E-state index contributed by atoms with van der Waals surface area (Å²) in [6, 6.07) is 6.59. The number of halogens is 2.